The van der Waals surface area contributed by atoms with Gasteiger partial charge in [0.2, 0.25) is 0 Å². The maximum Gasteiger partial charge on any atom is 0.262 e. The van der Waals surface area contributed by atoms with Crippen LogP contribution in [0, 0.1) is 5.82 Å². The molecule has 0 unspecified atom stereocenters. The molecule has 1 N–H and O–H groups in total. The number of para-hydroxylation sites is 1. The van der Waals surface area contributed by atoms with Crippen LogP contribution in [0.15, 0.2) is 58.5 Å². The first-order valence-corrected chi connectivity index (χ1v) is 9.70. The number of hydrogen-bond donors (Lipinski definition) is 1. The molecule has 1 aromatic heterocycles. The zero-order valence-corrected chi connectivity index (χ0v) is 15.8. The van der Waals surface area contributed by atoms with E-state index in [2.05, 4.69) is 4.98 Å². The molecule has 0 bridgehead atoms. The minimum absolute atomic E-state index is 0.0747. The minimum Gasteiger partial charge on any atom is -0.390 e. The molecule has 3 rings (SSSR count). The zero-order chi connectivity index (χ0) is 19.2. The average Bonchev–Trinajstić information content (AvgIpc) is 2.68. The van der Waals surface area contributed by atoms with Gasteiger partial charge in [0, 0.05) is 17.9 Å². The molecule has 1 atom stereocenters. The van der Waals surface area contributed by atoms with Gasteiger partial charge in [0.25, 0.3) is 5.56 Å². The first-order valence-electron chi connectivity index (χ1n) is 8.71. The number of halogens is 1. The number of ether oxygens (including phenoxy) is 1. The van der Waals surface area contributed by atoms with E-state index in [4.69, 9.17) is 4.74 Å². The maximum absolute atomic E-state index is 13.5. The fourth-order valence-corrected chi connectivity index (χ4v) is 3.64. The van der Waals surface area contributed by atoms with Crippen LogP contribution in [-0.2, 0) is 17.9 Å². The Hall–Kier alpha value is -2.22. The third-order valence-corrected chi connectivity index (χ3v) is 5.19. The van der Waals surface area contributed by atoms with Gasteiger partial charge in [-0.1, -0.05) is 42.1 Å². The van der Waals surface area contributed by atoms with Gasteiger partial charge < -0.3 is 9.84 Å². The summed E-state index contributed by atoms with van der Waals surface area (Å²) in [5, 5.41) is 11.3. The number of benzene rings is 2. The largest absolute Gasteiger partial charge is 0.390 e. The van der Waals surface area contributed by atoms with Crippen molar-refractivity contribution in [3.8, 4) is 0 Å². The lowest BCUT2D eigenvalue weighted by Gasteiger charge is -2.14. The molecule has 1 heterocycles. The van der Waals surface area contributed by atoms with Crippen molar-refractivity contribution in [2.45, 2.75) is 31.3 Å². The Morgan fingerprint density at radius 2 is 1.96 bits per heavy atom. The van der Waals surface area contributed by atoms with Crippen LogP contribution in [0.4, 0.5) is 4.39 Å². The van der Waals surface area contributed by atoms with E-state index in [1.807, 2.05) is 19.1 Å². The number of aromatic nitrogens is 2. The van der Waals surface area contributed by atoms with Crippen LogP contribution in [0.5, 0.6) is 0 Å². The summed E-state index contributed by atoms with van der Waals surface area (Å²) in [6.45, 7) is 2.56. The van der Waals surface area contributed by atoms with Crippen LogP contribution in [0.1, 0.15) is 12.5 Å². The average molecular weight is 388 g/mol. The van der Waals surface area contributed by atoms with Gasteiger partial charge in [-0.3, -0.25) is 9.36 Å². The molecule has 7 heteroatoms. The highest BCUT2D eigenvalue weighted by molar-refractivity contribution is 7.99. The lowest BCUT2D eigenvalue weighted by atomic mass is 10.2. The Morgan fingerprint density at radius 1 is 1.22 bits per heavy atom. The highest BCUT2D eigenvalue weighted by Crippen LogP contribution is 2.19. The first-order chi connectivity index (χ1) is 13.1. The second-order valence-corrected chi connectivity index (χ2v) is 7.02. The lowest BCUT2D eigenvalue weighted by Crippen LogP contribution is -2.24. The van der Waals surface area contributed by atoms with E-state index < -0.39 is 6.10 Å². The van der Waals surface area contributed by atoms with Gasteiger partial charge in [-0.15, -0.1) is 0 Å². The normalized spacial score (nSPS) is 12.4. The maximum atomic E-state index is 13.5. The Labute approximate surface area is 160 Å². The molecule has 2 aromatic carbocycles. The van der Waals surface area contributed by atoms with Gasteiger partial charge in [-0.2, -0.15) is 0 Å². The fraction of sp³-hybridized carbons (Fsp3) is 0.300. The van der Waals surface area contributed by atoms with Crippen LogP contribution < -0.4 is 5.56 Å². The molecule has 0 amide bonds. The van der Waals surface area contributed by atoms with Crippen molar-refractivity contribution in [2.75, 3.05) is 12.4 Å². The van der Waals surface area contributed by atoms with Gasteiger partial charge in [-0.25, -0.2) is 9.37 Å². The van der Waals surface area contributed by atoms with E-state index in [1.54, 1.807) is 34.9 Å². The summed E-state index contributed by atoms with van der Waals surface area (Å²) in [6, 6.07) is 13.6. The Morgan fingerprint density at radius 3 is 2.74 bits per heavy atom. The van der Waals surface area contributed by atoms with Crippen molar-refractivity contribution in [2.24, 2.45) is 0 Å². The van der Waals surface area contributed by atoms with Crippen LogP contribution >= 0.6 is 11.8 Å². The predicted octanol–water partition coefficient (Wildman–Crippen LogP) is 3.23. The molecule has 0 aliphatic heterocycles. The van der Waals surface area contributed by atoms with E-state index in [9.17, 15) is 14.3 Å². The van der Waals surface area contributed by atoms with Crippen molar-refractivity contribution < 1.29 is 14.2 Å². The predicted molar refractivity (Wildman–Crippen MR) is 104 cm³/mol. The number of thioether (sulfide) groups is 1. The third kappa shape index (κ3) is 4.74. The Bertz CT molecular complexity index is 977. The second-order valence-electron chi connectivity index (χ2n) is 6.03. The first kappa shape index (κ1) is 19.5. The molecule has 142 valence electrons. The molecule has 27 heavy (non-hydrogen) atoms. The van der Waals surface area contributed by atoms with E-state index in [1.165, 1.54) is 17.8 Å². The van der Waals surface area contributed by atoms with Gasteiger partial charge in [0.05, 0.1) is 30.2 Å². The van der Waals surface area contributed by atoms with Crippen LogP contribution in [-0.4, -0.2) is 33.1 Å². The molecule has 0 radical (unpaired) electrons. The fourth-order valence-electron chi connectivity index (χ4n) is 2.68. The molecule has 5 nitrogen and oxygen atoms in total. The molecule has 0 aliphatic carbocycles. The number of nitrogens with zero attached hydrogens (tertiary/aromatic N) is 2. The summed E-state index contributed by atoms with van der Waals surface area (Å²) in [6.07, 6.45) is -0.754. The van der Waals surface area contributed by atoms with E-state index in [-0.39, 0.29) is 24.6 Å². The number of aliphatic hydroxyl groups excluding tert-OH is 1. The Balaban J connectivity index is 1.61. The minimum atomic E-state index is -0.754. The van der Waals surface area contributed by atoms with Crippen molar-refractivity contribution >= 4 is 22.7 Å². The van der Waals surface area contributed by atoms with Gasteiger partial charge in [-0.05, 0) is 25.1 Å². The molecule has 0 aliphatic rings. The van der Waals surface area contributed by atoms with Crippen molar-refractivity contribution in [3.05, 3.63) is 70.3 Å². The third-order valence-electron chi connectivity index (χ3n) is 4.07. The number of hydrogen-bond acceptors (Lipinski definition) is 5. The SMILES string of the molecule is CCn1c(SC[C@@H](O)COCc2ccccc2F)nc2ccccc2c1=O. The van der Waals surface area contributed by atoms with Crippen LogP contribution in [0.3, 0.4) is 0 Å². The number of aliphatic hydroxyl groups is 1. The topological polar surface area (TPSA) is 64.3 Å². The summed E-state index contributed by atoms with van der Waals surface area (Å²) >= 11 is 1.31. The molecular formula is C20H21FN2O3S. The number of fused-ring (bicyclic) bond motifs is 1. The zero-order valence-electron chi connectivity index (χ0n) is 15.0. The monoisotopic (exact) mass is 388 g/mol. The summed E-state index contributed by atoms with van der Waals surface area (Å²) in [5.41, 5.74) is 1.00. The smallest absolute Gasteiger partial charge is 0.262 e. The molecule has 0 saturated carbocycles. The molecule has 0 spiro atoms. The second kappa shape index (κ2) is 9.12. The molecule has 3 aromatic rings. The molecule has 0 fully saturated rings. The van der Waals surface area contributed by atoms with Crippen molar-refractivity contribution in [1.82, 2.24) is 9.55 Å². The summed E-state index contributed by atoms with van der Waals surface area (Å²) < 4.78 is 20.6. The van der Waals surface area contributed by atoms with Crippen LogP contribution in [0.25, 0.3) is 10.9 Å². The summed E-state index contributed by atoms with van der Waals surface area (Å²) in [5.74, 6) is -0.00381. The highest BCUT2D eigenvalue weighted by atomic mass is 32.2. The van der Waals surface area contributed by atoms with Crippen molar-refractivity contribution in [1.29, 1.82) is 0 Å². The number of rotatable bonds is 8. The summed E-state index contributed by atoms with van der Waals surface area (Å²) in [7, 11) is 0. The Kier molecular flexibility index (Phi) is 6.60. The van der Waals surface area contributed by atoms with E-state index >= 15 is 0 Å². The van der Waals surface area contributed by atoms with Gasteiger partial charge >= 0.3 is 0 Å². The molecule has 0 saturated heterocycles. The van der Waals surface area contributed by atoms with Crippen LogP contribution in [0.2, 0.25) is 0 Å². The standard InChI is InChI=1S/C20H21FN2O3S/c1-2-23-19(25)16-8-4-6-10-18(16)22-20(23)27-13-15(24)12-26-11-14-7-3-5-9-17(14)21/h3-10,15,24H,2,11-13H2,1H3/t15-/m0/s1. The van der Waals surface area contributed by atoms with Gasteiger partial charge in [0.1, 0.15) is 5.82 Å². The van der Waals surface area contributed by atoms with E-state index in [0.717, 1.165) is 0 Å². The van der Waals surface area contributed by atoms with Crippen molar-refractivity contribution in [3.63, 3.8) is 0 Å². The highest BCUT2D eigenvalue weighted by Gasteiger charge is 2.13. The molecular weight excluding hydrogens is 367 g/mol. The quantitative estimate of drug-likeness (QED) is 0.474. The van der Waals surface area contributed by atoms with Gasteiger partial charge in [0.15, 0.2) is 5.16 Å². The lowest BCUT2D eigenvalue weighted by molar-refractivity contribution is 0.0386. The van der Waals surface area contributed by atoms with E-state index in [0.29, 0.717) is 33.9 Å². The summed E-state index contributed by atoms with van der Waals surface area (Å²) in [4.78, 5) is 17.1.